The molecule has 1 atom stereocenters. The molecule has 6 nitrogen and oxygen atoms in total. The number of methoxy groups -OCH3 is 1. The second kappa shape index (κ2) is 6.90. The fourth-order valence-corrected chi connectivity index (χ4v) is 2.00. The Labute approximate surface area is 123 Å². The number of H-pyrrole nitrogens is 1. The van der Waals surface area contributed by atoms with Crippen molar-refractivity contribution in [2.75, 3.05) is 13.7 Å². The molecule has 3 N–H and O–H groups in total. The van der Waals surface area contributed by atoms with Gasteiger partial charge in [0.15, 0.2) is 0 Å². The molecule has 1 unspecified atom stereocenters. The first kappa shape index (κ1) is 15.1. The summed E-state index contributed by atoms with van der Waals surface area (Å²) in [7, 11) is 1.59. The summed E-state index contributed by atoms with van der Waals surface area (Å²) in [6, 6.07) is 9.06. The van der Waals surface area contributed by atoms with E-state index >= 15 is 0 Å². The number of aromatic nitrogens is 2. The van der Waals surface area contributed by atoms with E-state index in [0.717, 1.165) is 5.56 Å². The maximum absolute atomic E-state index is 12.0. The van der Waals surface area contributed by atoms with E-state index in [-0.39, 0.29) is 18.6 Å². The molecule has 2 rings (SSSR count). The highest BCUT2D eigenvalue weighted by Crippen LogP contribution is 2.28. The maximum Gasteiger partial charge on any atom is 0.269 e. The van der Waals surface area contributed by atoms with E-state index < -0.39 is 0 Å². The summed E-state index contributed by atoms with van der Waals surface area (Å²) in [6.07, 6.45) is 0.513. The Hall–Kier alpha value is -2.34. The third kappa shape index (κ3) is 3.61. The van der Waals surface area contributed by atoms with Gasteiger partial charge in [0.1, 0.15) is 11.4 Å². The van der Waals surface area contributed by atoms with E-state index in [2.05, 4.69) is 15.5 Å². The van der Waals surface area contributed by atoms with Gasteiger partial charge in [-0.1, -0.05) is 12.1 Å². The van der Waals surface area contributed by atoms with E-state index in [1.54, 1.807) is 13.2 Å². The van der Waals surface area contributed by atoms with Gasteiger partial charge in [-0.25, -0.2) is 0 Å². The Morgan fingerprint density at radius 1 is 1.48 bits per heavy atom. The van der Waals surface area contributed by atoms with E-state index in [4.69, 9.17) is 9.84 Å². The zero-order chi connectivity index (χ0) is 15.2. The third-order valence-electron chi connectivity index (χ3n) is 3.15. The first-order chi connectivity index (χ1) is 10.2. The monoisotopic (exact) mass is 289 g/mol. The molecule has 0 aliphatic carbocycles. The summed E-state index contributed by atoms with van der Waals surface area (Å²) in [5.74, 6) is 0.453. The normalized spacial score (nSPS) is 12.0. The molecule has 0 bridgehead atoms. The van der Waals surface area contributed by atoms with Gasteiger partial charge in [-0.3, -0.25) is 9.89 Å². The van der Waals surface area contributed by atoms with Crippen LogP contribution >= 0.6 is 0 Å². The van der Waals surface area contributed by atoms with Crippen molar-refractivity contribution in [1.29, 1.82) is 0 Å². The number of aliphatic hydroxyl groups excluding tert-OH is 1. The van der Waals surface area contributed by atoms with Crippen LogP contribution in [0.25, 0.3) is 11.3 Å². The molecule has 6 heteroatoms. The van der Waals surface area contributed by atoms with E-state index in [0.29, 0.717) is 23.6 Å². The predicted molar refractivity (Wildman–Crippen MR) is 79.2 cm³/mol. The van der Waals surface area contributed by atoms with Crippen molar-refractivity contribution in [2.45, 2.75) is 19.4 Å². The molecule has 0 saturated carbocycles. The van der Waals surface area contributed by atoms with Gasteiger partial charge in [0.2, 0.25) is 0 Å². The zero-order valence-corrected chi connectivity index (χ0v) is 12.1. The largest absolute Gasteiger partial charge is 0.496 e. The number of ether oxygens (including phenoxy) is 1. The number of hydrogen-bond acceptors (Lipinski definition) is 4. The van der Waals surface area contributed by atoms with Gasteiger partial charge in [0.25, 0.3) is 5.91 Å². The molecular weight excluding hydrogens is 270 g/mol. The van der Waals surface area contributed by atoms with Gasteiger partial charge in [0.05, 0.1) is 12.8 Å². The minimum Gasteiger partial charge on any atom is -0.496 e. The summed E-state index contributed by atoms with van der Waals surface area (Å²) >= 11 is 0. The minimum atomic E-state index is -0.246. The van der Waals surface area contributed by atoms with Crippen molar-refractivity contribution >= 4 is 5.91 Å². The molecule has 21 heavy (non-hydrogen) atoms. The second-order valence-corrected chi connectivity index (χ2v) is 4.75. The smallest absolute Gasteiger partial charge is 0.269 e. The van der Waals surface area contributed by atoms with Gasteiger partial charge in [-0.05, 0) is 31.5 Å². The van der Waals surface area contributed by atoms with E-state index in [9.17, 15) is 4.79 Å². The number of carbonyl (C=O) groups excluding carboxylic acids is 1. The number of amides is 1. The lowest BCUT2D eigenvalue weighted by molar-refractivity contribution is 0.0929. The van der Waals surface area contributed by atoms with Crippen LogP contribution in [-0.2, 0) is 0 Å². The van der Waals surface area contributed by atoms with Gasteiger partial charge >= 0.3 is 0 Å². The predicted octanol–water partition coefficient (Wildman–Crippen LogP) is 1.59. The Kier molecular flexibility index (Phi) is 4.94. The lowest BCUT2D eigenvalue weighted by Gasteiger charge is -2.10. The average molecular weight is 289 g/mol. The van der Waals surface area contributed by atoms with Crippen molar-refractivity contribution in [1.82, 2.24) is 15.5 Å². The van der Waals surface area contributed by atoms with Gasteiger partial charge in [-0.15, -0.1) is 0 Å². The van der Waals surface area contributed by atoms with Crippen LogP contribution in [0.15, 0.2) is 30.3 Å². The quantitative estimate of drug-likeness (QED) is 0.753. The van der Waals surface area contributed by atoms with Crippen LogP contribution in [0.1, 0.15) is 23.8 Å². The summed E-state index contributed by atoms with van der Waals surface area (Å²) in [5.41, 5.74) is 1.84. The lowest BCUT2D eigenvalue weighted by atomic mass is 10.1. The highest BCUT2D eigenvalue weighted by Gasteiger charge is 2.15. The van der Waals surface area contributed by atoms with Crippen LogP contribution in [0, 0.1) is 0 Å². The summed E-state index contributed by atoms with van der Waals surface area (Å²) in [5, 5.41) is 18.5. The van der Waals surface area contributed by atoms with Crippen LogP contribution in [-0.4, -0.2) is 41.0 Å². The Morgan fingerprint density at radius 3 is 2.95 bits per heavy atom. The molecule has 0 saturated heterocycles. The zero-order valence-electron chi connectivity index (χ0n) is 12.1. The molecule has 1 aromatic heterocycles. The lowest BCUT2D eigenvalue weighted by Crippen LogP contribution is -2.33. The molecular formula is C15H19N3O3. The number of nitrogens with one attached hydrogen (secondary N) is 2. The number of aliphatic hydroxyl groups is 1. The first-order valence-electron chi connectivity index (χ1n) is 6.76. The van der Waals surface area contributed by atoms with Crippen molar-refractivity contribution in [3.63, 3.8) is 0 Å². The standard InChI is InChI=1S/C15H19N3O3/c1-10(7-8-19)16-15(20)13-9-12(17-18-13)11-5-3-4-6-14(11)21-2/h3-6,9-10,19H,7-8H2,1-2H3,(H,16,20)(H,17,18). The number of aromatic amines is 1. The Bertz CT molecular complexity index is 610. The Morgan fingerprint density at radius 2 is 2.24 bits per heavy atom. The first-order valence-corrected chi connectivity index (χ1v) is 6.76. The molecule has 0 aliphatic heterocycles. The second-order valence-electron chi connectivity index (χ2n) is 4.75. The van der Waals surface area contributed by atoms with E-state index in [1.807, 2.05) is 31.2 Å². The fourth-order valence-electron chi connectivity index (χ4n) is 2.00. The summed E-state index contributed by atoms with van der Waals surface area (Å²) in [6.45, 7) is 1.88. The van der Waals surface area contributed by atoms with Crippen LogP contribution in [0.4, 0.5) is 0 Å². The third-order valence-corrected chi connectivity index (χ3v) is 3.15. The van der Waals surface area contributed by atoms with Crippen LogP contribution < -0.4 is 10.1 Å². The van der Waals surface area contributed by atoms with Crippen LogP contribution in [0.5, 0.6) is 5.75 Å². The maximum atomic E-state index is 12.0. The number of benzene rings is 1. The molecule has 0 spiro atoms. The van der Waals surface area contributed by atoms with Gasteiger partial charge in [-0.2, -0.15) is 5.10 Å². The highest BCUT2D eigenvalue weighted by molar-refractivity contribution is 5.93. The molecule has 1 aromatic carbocycles. The van der Waals surface area contributed by atoms with E-state index in [1.165, 1.54) is 0 Å². The molecule has 0 fully saturated rings. The van der Waals surface area contributed by atoms with Crippen molar-refractivity contribution < 1.29 is 14.6 Å². The van der Waals surface area contributed by atoms with Gasteiger partial charge in [0, 0.05) is 18.2 Å². The highest BCUT2D eigenvalue weighted by atomic mass is 16.5. The topological polar surface area (TPSA) is 87.2 Å². The minimum absolute atomic E-state index is 0.0386. The molecule has 2 aromatic rings. The number of para-hydroxylation sites is 1. The average Bonchev–Trinajstić information content (AvgIpc) is 2.97. The molecule has 1 heterocycles. The molecule has 0 aliphatic rings. The number of carbonyl (C=O) groups is 1. The number of rotatable bonds is 6. The van der Waals surface area contributed by atoms with Crippen LogP contribution in [0.2, 0.25) is 0 Å². The fraction of sp³-hybridized carbons (Fsp3) is 0.333. The summed E-state index contributed by atoms with van der Waals surface area (Å²) < 4.78 is 5.28. The molecule has 1 amide bonds. The Balaban J connectivity index is 2.16. The summed E-state index contributed by atoms with van der Waals surface area (Å²) in [4.78, 5) is 12.0. The number of nitrogens with zero attached hydrogens (tertiary/aromatic N) is 1. The SMILES string of the molecule is COc1ccccc1-c1cc(C(=O)NC(C)CCO)[nH]n1. The van der Waals surface area contributed by atoms with Crippen LogP contribution in [0.3, 0.4) is 0 Å². The van der Waals surface area contributed by atoms with Crippen molar-refractivity contribution in [3.05, 3.63) is 36.0 Å². The van der Waals surface area contributed by atoms with Crippen molar-refractivity contribution in [3.8, 4) is 17.0 Å². The van der Waals surface area contributed by atoms with Gasteiger partial charge < -0.3 is 15.2 Å². The van der Waals surface area contributed by atoms with Crippen molar-refractivity contribution in [2.24, 2.45) is 0 Å². The number of hydrogen-bond donors (Lipinski definition) is 3. The molecule has 0 radical (unpaired) electrons. The molecule has 112 valence electrons.